The molecule has 1 nitrogen and oxygen atoms in total. The molecule has 3 aromatic carbocycles. The van der Waals surface area contributed by atoms with E-state index < -0.39 is 0 Å². The zero-order chi connectivity index (χ0) is 17.2. The first-order chi connectivity index (χ1) is 12.2. The van der Waals surface area contributed by atoms with Crippen molar-refractivity contribution < 1.29 is 4.79 Å². The Morgan fingerprint density at radius 1 is 0.680 bits per heavy atom. The van der Waals surface area contributed by atoms with Gasteiger partial charge in [0, 0.05) is 16.2 Å². The Kier molecular flexibility index (Phi) is 4.09. The van der Waals surface area contributed by atoms with Crippen LogP contribution in [0.2, 0.25) is 5.02 Å². The minimum absolute atomic E-state index is 0.0208. The Balaban J connectivity index is 2.06. The first kappa shape index (κ1) is 15.6. The molecule has 2 heteroatoms. The molecule has 120 valence electrons. The highest BCUT2D eigenvalue weighted by Crippen LogP contribution is 2.37. The van der Waals surface area contributed by atoms with Crippen LogP contribution in [0.4, 0.5) is 0 Å². The van der Waals surface area contributed by atoms with Crippen molar-refractivity contribution in [2.24, 2.45) is 0 Å². The van der Waals surface area contributed by atoms with E-state index in [1.807, 2.05) is 84.9 Å². The topological polar surface area (TPSA) is 17.1 Å². The molecule has 0 amide bonds. The fraction of sp³-hybridized carbons (Fsp3) is 0. The van der Waals surface area contributed by atoms with Crippen LogP contribution in [0.5, 0.6) is 0 Å². The molecule has 0 aliphatic heterocycles. The molecule has 0 unspecified atom stereocenters. The lowest BCUT2D eigenvalue weighted by atomic mass is 9.83. The van der Waals surface area contributed by atoms with Crippen LogP contribution in [0.1, 0.15) is 22.3 Å². The number of carbonyl (C=O) groups excluding carboxylic acids is 1. The van der Waals surface area contributed by atoms with E-state index in [1.54, 1.807) is 6.08 Å². The first-order valence-corrected chi connectivity index (χ1v) is 8.49. The second kappa shape index (κ2) is 6.54. The number of benzene rings is 3. The Morgan fingerprint density at radius 3 is 2.08 bits per heavy atom. The molecule has 0 saturated heterocycles. The molecule has 0 saturated carbocycles. The average molecular weight is 343 g/mol. The fourth-order valence-electron chi connectivity index (χ4n) is 3.19. The summed E-state index contributed by atoms with van der Waals surface area (Å²) in [5.74, 6) is 0.0208. The molecule has 0 aromatic heterocycles. The van der Waals surface area contributed by atoms with Crippen molar-refractivity contribution in [1.82, 2.24) is 0 Å². The molecule has 0 atom stereocenters. The number of rotatable bonds is 2. The maximum Gasteiger partial charge on any atom is 0.187 e. The maximum absolute atomic E-state index is 12.8. The van der Waals surface area contributed by atoms with Crippen molar-refractivity contribution in [1.29, 1.82) is 0 Å². The molecule has 0 heterocycles. The van der Waals surface area contributed by atoms with Gasteiger partial charge in [-0.15, -0.1) is 0 Å². The van der Waals surface area contributed by atoms with Gasteiger partial charge in [0.1, 0.15) is 0 Å². The smallest absolute Gasteiger partial charge is 0.187 e. The van der Waals surface area contributed by atoms with Gasteiger partial charge >= 0.3 is 0 Å². The van der Waals surface area contributed by atoms with Gasteiger partial charge in [-0.2, -0.15) is 0 Å². The van der Waals surface area contributed by atoms with Crippen LogP contribution in [-0.4, -0.2) is 5.78 Å². The number of fused-ring (bicyclic) bond motifs is 1. The van der Waals surface area contributed by atoms with Crippen molar-refractivity contribution in [3.8, 4) is 0 Å². The Hall–Kier alpha value is -2.90. The third kappa shape index (κ3) is 2.95. The van der Waals surface area contributed by atoms with E-state index in [-0.39, 0.29) is 5.78 Å². The molecule has 0 spiro atoms. The largest absolute Gasteiger partial charge is 0.289 e. The number of carbonyl (C=O) groups is 1. The summed E-state index contributed by atoms with van der Waals surface area (Å²) >= 11 is 6.06. The van der Waals surface area contributed by atoms with E-state index in [0.717, 1.165) is 33.4 Å². The minimum Gasteiger partial charge on any atom is -0.289 e. The monoisotopic (exact) mass is 342 g/mol. The summed E-state index contributed by atoms with van der Waals surface area (Å²) < 4.78 is 0. The van der Waals surface area contributed by atoms with Gasteiger partial charge in [0.25, 0.3) is 0 Å². The lowest BCUT2D eigenvalue weighted by Gasteiger charge is -2.19. The SMILES string of the molecule is O=C1C=Cc2ccccc2/C1=C(\c1ccccc1)c1ccc(Cl)cc1. The molecule has 0 radical (unpaired) electrons. The first-order valence-electron chi connectivity index (χ1n) is 8.11. The van der Waals surface area contributed by atoms with Crippen LogP contribution in [-0.2, 0) is 4.79 Å². The second-order valence-electron chi connectivity index (χ2n) is 5.91. The fourth-order valence-corrected chi connectivity index (χ4v) is 3.31. The van der Waals surface area contributed by atoms with Crippen molar-refractivity contribution in [2.45, 2.75) is 0 Å². The van der Waals surface area contributed by atoms with Gasteiger partial charge in [0.05, 0.1) is 0 Å². The van der Waals surface area contributed by atoms with Crippen LogP contribution in [0, 0.1) is 0 Å². The summed E-state index contributed by atoms with van der Waals surface area (Å²) in [6, 6.07) is 25.6. The number of ketones is 1. The molecule has 1 aliphatic carbocycles. The van der Waals surface area contributed by atoms with Crippen LogP contribution in [0.25, 0.3) is 17.2 Å². The summed E-state index contributed by atoms with van der Waals surface area (Å²) in [7, 11) is 0. The van der Waals surface area contributed by atoms with Gasteiger partial charge in [-0.1, -0.05) is 84.4 Å². The predicted molar refractivity (Wildman–Crippen MR) is 104 cm³/mol. The highest BCUT2D eigenvalue weighted by atomic mass is 35.5. The summed E-state index contributed by atoms with van der Waals surface area (Å²) in [6.45, 7) is 0. The Bertz CT molecular complexity index is 996. The lowest BCUT2D eigenvalue weighted by molar-refractivity contribution is -0.109. The van der Waals surface area contributed by atoms with Crippen LogP contribution >= 0.6 is 11.6 Å². The number of allylic oxidation sites excluding steroid dienone is 2. The molecule has 1 aliphatic rings. The third-order valence-corrected chi connectivity index (χ3v) is 4.59. The molecular formula is C23H15ClO. The van der Waals surface area contributed by atoms with Gasteiger partial charge in [0.15, 0.2) is 5.78 Å². The highest BCUT2D eigenvalue weighted by Gasteiger charge is 2.22. The third-order valence-electron chi connectivity index (χ3n) is 4.34. The molecule has 0 bridgehead atoms. The second-order valence-corrected chi connectivity index (χ2v) is 6.34. The van der Waals surface area contributed by atoms with Crippen molar-refractivity contribution >= 4 is 34.6 Å². The predicted octanol–water partition coefficient (Wildman–Crippen LogP) is 5.90. The quantitative estimate of drug-likeness (QED) is 0.530. The van der Waals surface area contributed by atoms with Gasteiger partial charge < -0.3 is 0 Å². The van der Waals surface area contributed by atoms with E-state index in [1.165, 1.54) is 0 Å². The summed E-state index contributed by atoms with van der Waals surface area (Å²) in [5.41, 5.74) is 5.66. The Morgan fingerprint density at radius 2 is 1.32 bits per heavy atom. The lowest BCUT2D eigenvalue weighted by Crippen LogP contribution is -2.08. The minimum atomic E-state index is 0.0208. The highest BCUT2D eigenvalue weighted by molar-refractivity contribution is 6.36. The standard InChI is InChI=1S/C23H15ClO/c24-19-13-10-18(11-14-19)22(17-7-2-1-3-8-17)23-20-9-5-4-6-16(20)12-15-21(23)25/h1-15H/b23-22-. The van der Waals surface area contributed by atoms with E-state index in [0.29, 0.717) is 5.02 Å². The molecule has 4 rings (SSSR count). The van der Waals surface area contributed by atoms with Crippen LogP contribution in [0.3, 0.4) is 0 Å². The molecule has 0 N–H and O–H groups in total. The number of hydrogen-bond acceptors (Lipinski definition) is 1. The van der Waals surface area contributed by atoms with Crippen molar-refractivity contribution in [3.63, 3.8) is 0 Å². The average Bonchev–Trinajstić information content (AvgIpc) is 2.66. The molecule has 0 fully saturated rings. The summed E-state index contributed by atoms with van der Waals surface area (Å²) in [5, 5.41) is 0.677. The molecular weight excluding hydrogens is 328 g/mol. The normalized spacial score (nSPS) is 15.0. The van der Waals surface area contributed by atoms with Gasteiger partial charge in [-0.25, -0.2) is 0 Å². The summed E-state index contributed by atoms with van der Waals surface area (Å²) in [4.78, 5) is 12.8. The van der Waals surface area contributed by atoms with Gasteiger partial charge in [0.2, 0.25) is 0 Å². The zero-order valence-electron chi connectivity index (χ0n) is 13.4. The number of hydrogen-bond donors (Lipinski definition) is 0. The number of halogens is 1. The van der Waals surface area contributed by atoms with Crippen molar-refractivity contribution in [3.05, 3.63) is 112 Å². The van der Waals surface area contributed by atoms with Gasteiger partial charge in [-0.05, 0) is 40.5 Å². The van der Waals surface area contributed by atoms with E-state index >= 15 is 0 Å². The van der Waals surface area contributed by atoms with Crippen LogP contribution < -0.4 is 0 Å². The maximum atomic E-state index is 12.8. The molecule has 25 heavy (non-hydrogen) atoms. The van der Waals surface area contributed by atoms with E-state index in [4.69, 9.17) is 11.6 Å². The van der Waals surface area contributed by atoms with Gasteiger partial charge in [-0.3, -0.25) is 4.79 Å². The Labute approximate surface area is 151 Å². The van der Waals surface area contributed by atoms with Crippen molar-refractivity contribution in [2.75, 3.05) is 0 Å². The van der Waals surface area contributed by atoms with Crippen LogP contribution in [0.15, 0.2) is 84.9 Å². The molecule has 3 aromatic rings. The van der Waals surface area contributed by atoms with E-state index in [9.17, 15) is 4.79 Å². The summed E-state index contributed by atoms with van der Waals surface area (Å²) in [6.07, 6.45) is 3.53. The van der Waals surface area contributed by atoms with E-state index in [2.05, 4.69) is 0 Å². The zero-order valence-corrected chi connectivity index (χ0v) is 14.2.